The predicted molar refractivity (Wildman–Crippen MR) is 79.7 cm³/mol. The molecule has 0 amide bonds. The molecule has 0 saturated heterocycles. The molecule has 0 radical (unpaired) electrons. The number of hydrogen-bond acceptors (Lipinski definition) is 3. The van der Waals surface area contributed by atoms with Gasteiger partial charge in [0, 0.05) is 4.47 Å². The highest BCUT2D eigenvalue weighted by atomic mass is 79.9. The van der Waals surface area contributed by atoms with Gasteiger partial charge in [-0.15, -0.1) is 0 Å². The minimum absolute atomic E-state index is 0.125. The van der Waals surface area contributed by atoms with Gasteiger partial charge in [0.05, 0.1) is 15.7 Å². The average Bonchev–Trinajstić information content (AvgIpc) is 2.34. The summed E-state index contributed by atoms with van der Waals surface area (Å²) in [6, 6.07) is 9.80. The predicted octanol–water partition coefficient (Wildman–Crippen LogP) is 4.28. The third-order valence-corrected chi connectivity index (χ3v) is 3.48. The largest absolute Gasteiger partial charge is 0.478 e. The second kappa shape index (κ2) is 5.63. The van der Waals surface area contributed by atoms with E-state index in [1.54, 1.807) is 6.07 Å². The van der Waals surface area contributed by atoms with Crippen molar-refractivity contribution in [2.24, 2.45) is 0 Å². The molecular formula is C13H9Br2NO3. The van der Waals surface area contributed by atoms with Gasteiger partial charge in [-0.2, -0.15) is 0 Å². The summed E-state index contributed by atoms with van der Waals surface area (Å²) in [4.78, 5) is 10.8. The van der Waals surface area contributed by atoms with Gasteiger partial charge in [0.1, 0.15) is 11.5 Å². The molecule has 2 aromatic rings. The van der Waals surface area contributed by atoms with Crippen LogP contribution in [0.3, 0.4) is 0 Å². The fourth-order valence-electron chi connectivity index (χ4n) is 1.45. The van der Waals surface area contributed by atoms with Crippen molar-refractivity contribution in [2.75, 3.05) is 5.73 Å². The summed E-state index contributed by atoms with van der Waals surface area (Å²) < 4.78 is 7.33. The van der Waals surface area contributed by atoms with Crippen LogP contribution in [0.4, 0.5) is 5.69 Å². The van der Waals surface area contributed by atoms with Gasteiger partial charge in [-0.1, -0.05) is 15.9 Å². The van der Waals surface area contributed by atoms with Gasteiger partial charge >= 0.3 is 5.97 Å². The molecule has 3 N–H and O–H groups in total. The molecule has 0 aliphatic heterocycles. The fourth-order valence-corrected chi connectivity index (χ4v) is 2.58. The Morgan fingerprint density at radius 2 is 1.79 bits per heavy atom. The van der Waals surface area contributed by atoms with Crippen LogP contribution in [0.1, 0.15) is 10.4 Å². The van der Waals surface area contributed by atoms with E-state index in [0.29, 0.717) is 11.5 Å². The highest BCUT2D eigenvalue weighted by molar-refractivity contribution is 9.11. The van der Waals surface area contributed by atoms with Gasteiger partial charge in [-0.05, 0) is 52.3 Å². The molecule has 0 saturated carbocycles. The topological polar surface area (TPSA) is 72.6 Å². The summed E-state index contributed by atoms with van der Waals surface area (Å²) in [6.45, 7) is 0. The molecule has 4 nitrogen and oxygen atoms in total. The van der Waals surface area contributed by atoms with Gasteiger partial charge in [-0.25, -0.2) is 4.79 Å². The average molecular weight is 387 g/mol. The quantitative estimate of drug-likeness (QED) is 0.772. The van der Waals surface area contributed by atoms with Crippen molar-refractivity contribution in [1.82, 2.24) is 0 Å². The van der Waals surface area contributed by atoms with E-state index in [1.165, 1.54) is 18.2 Å². The maximum Gasteiger partial charge on any atom is 0.335 e. The molecule has 0 fully saturated rings. The zero-order valence-electron chi connectivity index (χ0n) is 9.56. The smallest absolute Gasteiger partial charge is 0.335 e. The van der Waals surface area contributed by atoms with Crippen LogP contribution in [0.15, 0.2) is 45.3 Å². The summed E-state index contributed by atoms with van der Waals surface area (Å²) >= 11 is 6.72. The Kier molecular flexibility index (Phi) is 4.11. The van der Waals surface area contributed by atoms with Crippen molar-refractivity contribution in [2.45, 2.75) is 0 Å². The molecule has 0 aliphatic rings. The van der Waals surface area contributed by atoms with Crippen LogP contribution in [0.5, 0.6) is 11.5 Å². The number of nitrogens with two attached hydrogens (primary N) is 1. The first-order chi connectivity index (χ1) is 8.97. The lowest BCUT2D eigenvalue weighted by molar-refractivity contribution is 0.0697. The van der Waals surface area contributed by atoms with Gasteiger partial charge in [0.25, 0.3) is 0 Å². The van der Waals surface area contributed by atoms with E-state index in [2.05, 4.69) is 31.9 Å². The van der Waals surface area contributed by atoms with Crippen molar-refractivity contribution in [3.05, 3.63) is 50.9 Å². The summed E-state index contributed by atoms with van der Waals surface area (Å²) in [5.74, 6) is -0.0194. The number of rotatable bonds is 3. The van der Waals surface area contributed by atoms with Gasteiger partial charge in [-0.3, -0.25) is 0 Å². The normalized spacial score (nSPS) is 10.2. The molecule has 0 bridgehead atoms. The van der Waals surface area contributed by atoms with Crippen LogP contribution < -0.4 is 10.5 Å². The number of ether oxygens (including phenoxy) is 1. The van der Waals surface area contributed by atoms with E-state index in [-0.39, 0.29) is 11.3 Å². The second-order valence-corrected chi connectivity index (χ2v) is 5.50. The van der Waals surface area contributed by atoms with E-state index in [0.717, 1.165) is 8.95 Å². The van der Waals surface area contributed by atoms with Crippen molar-refractivity contribution >= 4 is 43.5 Å². The molecule has 98 valence electrons. The number of hydrogen-bond donors (Lipinski definition) is 2. The molecule has 2 aromatic carbocycles. The summed E-state index contributed by atoms with van der Waals surface area (Å²) in [5.41, 5.74) is 6.17. The molecule has 19 heavy (non-hydrogen) atoms. The lowest BCUT2D eigenvalue weighted by Gasteiger charge is -2.10. The third kappa shape index (κ3) is 3.27. The first-order valence-electron chi connectivity index (χ1n) is 5.23. The standard InChI is InChI=1S/C13H9Br2NO3/c14-8-2-4-11(9(15)6-8)19-12-3-1-7(13(17)18)5-10(12)16/h1-6H,16H2,(H,17,18). The molecule has 0 atom stereocenters. The molecule has 0 spiro atoms. The number of halogens is 2. The number of anilines is 1. The number of nitrogen functional groups attached to an aromatic ring is 1. The van der Waals surface area contributed by atoms with E-state index in [9.17, 15) is 4.79 Å². The molecular weight excluding hydrogens is 378 g/mol. The van der Waals surface area contributed by atoms with Crippen molar-refractivity contribution in [1.29, 1.82) is 0 Å². The van der Waals surface area contributed by atoms with Crippen LogP contribution in [-0.4, -0.2) is 11.1 Å². The van der Waals surface area contributed by atoms with E-state index in [4.69, 9.17) is 15.6 Å². The van der Waals surface area contributed by atoms with Crippen LogP contribution in [0.2, 0.25) is 0 Å². The first-order valence-corrected chi connectivity index (χ1v) is 6.81. The minimum atomic E-state index is -1.02. The van der Waals surface area contributed by atoms with Crippen LogP contribution in [0, 0.1) is 0 Å². The Bertz CT molecular complexity index is 644. The number of carbonyl (C=O) groups is 1. The molecule has 0 aliphatic carbocycles. The zero-order valence-corrected chi connectivity index (χ0v) is 12.7. The lowest BCUT2D eigenvalue weighted by Crippen LogP contribution is -1.99. The Morgan fingerprint density at radius 3 is 2.37 bits per heavy atom. The molecule has 0 unspecified atom stereocenters. The van der Waals surface area contributed by atoms with Crippen LogP contribution >= 0.6 is 31.9 Å². The number of benzene rings is 2. The maximum absolute atomic E-state index is 10.8. The van der Waals surface area contributed by atoms with E-state index >= 15 is 0 Å². The number of carboxylic acids is 1. The number of aromatic carboxylic acids is 1. The third-order valence-electron chi connectivity index (χ3n) is 2.37. The Hall–Kier alpha value is -1.53. The second-order valence-electron chi connectivity index (χ2n) is 3.73. The molecule has 0 aromatic heterocycles. The Labute approximate surface area is 126 Å². The van der Waals surface area contributed by atoms with Crippen LogP contribution in [0.25, 0.3) is 0 Å². The van der Waals surface area contributed by atoms with Gasteiger partial charge in [0.15, 0.2) is 0 Å². The Morgan fingerprint density at radius 1 is 1.11 bits per heavy atom. The fraction of sp³-hybridized carbons (Fsp3) is 0. The Balaban J connectivity index is 2.31. The summed E-state index contributed by atoms with van der Waals surface area (Å²) in [6.07, 6.45) is 0. The van der Waals surface area contributed by atoms with Crippen molar-refractivity contribution in [3.8, 4) is 11.5 Å². The molecule has 6 heteroatoms. The van der Waals surface area contributed by atoms with E-state index in [1.807, 2.05) is 12.1 Å². The van der Waals surface area contributed by atoms with E-state index < -0.39 is 5.97 Å². The highest BCUT2D eigenvalue weighted by Crippen LogP contribution is 2.34. The summed E-state index contributed by atoms with van der Waals surface area (Å²) in [5, 5.41) is 8.86. The van der Waals surface area contributed by atoms with Crippen molar-refractivity contribution in [3.63, 3.8) is 0 Å². The van der Waals surface area contributed by atoms with Crippen molar-refractivity contribution < 1.29 is 14.6 Å². The monoisotopic (exact) mass is 385 g/mol. The summed E-state index contributed by atoms with van der Waals surface area (Å²) in [7, 11) is 0. The molecule has 0 heterocycles. The van der Waals surface area contributed by atoms with Gasteiger partial charge in [0.2, 0.25) is 0 Å². The lowest BCUT2D eigenvalue weighted by atomic mass is 10.2. The maximum atomic E-state index is 10.8. The van der Waals surface area contributed by atoms with Crippen LogP contribution in [-0.2, 0) is 0 Å². The first kappa shape index (κ1) is 13.9. The molecule has 2 rings (SSSR count). The number of carboxylic acid groups (broad SMARTS) is 1. The minimum Gasteiger partial charge on any atom is -0.478 e. The van der Waals surface area contributed by atoms with Gasteiger partial charge < -0.3 is 15.6 Å². The zero-order chi connectivity index (χ0) is 14.0. The highest BCUT2D eigenvalue weighted by Gasteiger charge is 2.09. The SMILES string of the molecule is Nc1cc(C(=O)O)ccc1Oc1ccc(Br)cc1Br.